The minimum Gasteiger partial charge on any atom is -0.292 e. The fourth-order valence-corrected chi connectivity index (χ4v) is 5.13. The van der Waals surface area contributed by atoms with Gasteiger partial charge in [-0.15, -0.1) is 0 Å². The number of carbonyl (C=O) groups is 1. The van der Waals surface area contributed by atoms with Crippen molar-refractivity contribution in [2.45, 2.75) is 30.7 Å². The van der Waals surface area contributed by atoms with Crippen molar-refractivity contribution in [3.63, 3.8) is 0 Å². The van der Waals surface area contributed by atoms with Crippen molar-refractivity contribution in [1.82, 2.24) is 4.31 Å². The van der Waals surface area contributed by atoms with Crippen LogP contribution in [0, 0.1) is 6.92 Å². The molecule has 1 saturated heterocycles. The Hall–Kier alpha value is -1.69. The van der Waals surface area contributed by atoms with Gasteiger partial charge in [-0.2, -0.15) is 4.31 Å². The topological polar surface area (TPSA) is 54.5 Å². The Kier molecular flexibility index (Phi) is 4.76. The fourth-order valence-electron chi connectivity index (χ4n) is 2.98. The molecule has 126 valence electrons. The third-order valence-electron chi connectivity index (χ3n) is 4.27. The largest absolute Gasteiger partial charge is 0.292 e. The number of rotatable bonds is 4. The van der Waals surface area contributed by atoms with Crippen molar-refractivity contribution >= 4 is 27.4 Å². The molecule has 0 bridgehead atoms. The number of hydrogen-bond acceptors (Lipinski definition) is 3. The highest BCUT2D eigenvalue weighted by Gasteiger charge is 2.40. The van der Waals surface area contributed by atoms with E-state index in [2.05, 4.69) is 0 Å². The normalized spacial score (nSPS) is 18.7. The molecule has 1 atom stereocenters. The summed E-state index contributed by atoms with van der Waals surface area (Å²) in [6.45, 7) is 2.27. The van der Waals surface area contributed by atoms with Crippen molar-refractivity contribution in [2.75, 3.05) is 6.54 Å². The SMILES string of the molecule is Cc1ccc(C(=O)[C@H]2CCCN2S(=O)(=O)c2ccccc2Cl)cc1. The number of halogens is 1. The van der Waals surface area contributed by atoms with Crippen molar-refractivity contribution in [2.24, 2.45) is 0 Å². The molecule has 1 aliphatic heterocycles. The second-order valence-corrected chi connectivity index (χ2v) is 8.20. The van der Waals surface area contributed by atoms with Gasteiger partial charge >= 0.3 is 0 Å². The van der Waals surface area contributed by atoms with Crippen LogP contribution in [0.1, 0.15) is 28.8 Å². The average molecular weight is 364 g/mol. The Morgan fingerprint density at radius 2 is 1.79 bits per heavy atom. The van der Waals surface area contributed by atoms with Gasteiger partial charge in [-0.25, -0.2) is 8.42 Å². The number of carbonyl (C=O) groups excluding carboxylic acids is 1. The molecule has 0 amide bonds. The quantitative estimate of drug-likeness (QED) is 0.778. The summed E-state index contributed by atoms with van der Waals surface area (Å²) in [4.78, 5) is 12.8. The van der Waals surface area contributed by atoms with Crippen LogP contribution < -0.4 is 0 Å². The van der Waals surface area contributed by atoms with Gasteiger partial charge < -0.3 is 0 Å². The van der Waals surface area contributed by atoms with Crippen LogP contribution in [0.15, 0.2) is 53.4 Å². The van der Waals surface area contributed by atoms with Gasteiger partial charge in [-0.3, -0.25) is 4.79 Å². The first kappa shape index (κ1) is 17.1. The molecule has 0 spiro atoms. The summed E-state index contributed by atoms with van der Waals surface area (Å²) in [5, 5.41) is 0.172. The zero-order chi connectivity index (χ0) is 17.3. The molecular weight excluding hydrogens is 346 g/mol. The number of ketones is 1. The minimum absolute atomic E-state index is 0.0512. The molecule has 0 aliphatic carbocycles. The van der Waals surface area contributed by atoms with Gasteiger partial charge in [0.2, 0.25) is 10.0 Å². The van der Waals surface area contributed by atoms with Crippen molar-refractivity contribution in [3.8, 4) is 0 Å². The van der Waals surface area contributed by atoms with Crippen LogP contribution in [0.4, 0.5) is 0 Å². The molecule has 0 radical (unpaired) electrons. The Morgan fingerprint density at radius 3 is 2.46 bits per heavy atom. The highest BCUT2D eigenvalue weighted by molar-refractivity contribution is 7.89. The van der Waals surface area contributed by atoms with E-state index >= 15 is 0 Å². The first-order valence-electron chi connectivity index (χ1n) is 7.78. The zero-order valence-corrected chi connectivity index (χ0v) is 14.8. The lowest BCUT2D eigenvalue weighted by molar-refractivity contribution is 0.0918. The summed E-state index contributed by atoms with van der Waals surface area (Å²) >= 11 is 6.06. The summed E-state index contributed by atoms with van der Waals surface area (Å²) in [5.41, 5.74) is 1.59. The van der Waals surface area contributed by atoms with Crippen LogP contribution in [-0.4, -0.2) is 31.1 Å². The van der Waals surface area contributed by atoms with Crippen LogP contribution in [0.25, 0.3) is 0 Å². The minimum atomic E-state index is -3.80. The van der Waals surface area contributed by atoms with E-state index in [4.69, 9.17) is 11.6 Å². The number of aryl methyl sites for hydroxylation is 1. The molecule has 0 unspecified atom stereocenters. The number of hydrogen-bond donors (Lipinski definition) is 0. The molecule has 4 nitrogen and oxygen atoms in total. The number of benzene rings is 2. The number of nitrogens with zero attached hydrogens (tertiary/aromatic N) is 1. The van der Waals surface area contributed by atoms with Gasteiger partial charge in [0.15, 0.2) is 5.78 Å². The van der Waals surface area contributed by atoms with E-state index < -0.39 is 16.1 Å². The third-order valence-corrected chi connectivity index (χ3v) is 6.67. The zero-order valence-electron chi connectivity index (χ0n) is 13.3. The molecule has 1 aliphatic rings. The van der Waals surface area contributed by atoms with E-state index in [1.807, 2.05) is 19.1 Å². The molecule has 0 saturated carbocycles. The van der Waals surface area contributed by atoms with E-state index in [9.17, 15) is 13.2 Å². The molecular formula is C18H18ClNO3S. The fraction of sp³-hybridized carbons (Fsp3) is 0.278. The van der Waals surface area contributed by atoms with Crippen LogP contribution in [-0.2, 0) is 10.0 Å². The molecule has 1 fully saturated rings. The van der Waals surface area contributed by atoms with Crippen LogP contribution in [0.5, 0.6) is 0 Å². The summed E-state index contributed by atoms with van der Waals surface area (Å²) in [6, 6.07) is 12.9. The third kappa shape index (κ3) is 3.11. The van der Waals surface area contributed by atoms with Gasteiger partial charge in [0.05, 0.1) is 11.1 Å². The predicted octanol–water partition coefficient (Wildman–Crippen LogP) is 3.68. The lowest BCUT2D eigenvalue weighted by Crippen LogP contribution is -2.40. The molecule has 0 N–H and O–H groups in total. The average Bonchev–Trinajstić information content (AvgIpc) is 3.05. The Morgan fingerprint density at radius 1 is 1.12 bits per heavy atom. The van der Waals surface area contributed by atoms with Crippen molar-refractivity contribution < 1.29 is 13.2 Å². The Balaban J connectivity index is 1.94. The van der Waals surface area contributed by atoms with Crippen LogP contribution in [0.2, 0.25) is 5.02 Å². The molecule has 3 rings (SSSR count). The summed E-state index contributed by atoms with van der Waals surface area (Å²) < 4.78 is 27.2. The van der Waals surface area contributed by atoms with Crippen LogP contribution >= 0.6 is 11.6 Å². The lowest BCUT2D eigenvalue weighted by Gasteiger charge is -2.23. The molecule has 1 heterocycles. The maximum atomic E-state index is 12.9. The van der Waals surface area contributed by atoms with Crippen LogP contribution in [0.3, 0.4) is 0 Å². The second-order valence-electron chi connectivity index (χ2n) is 5.93. The predicted molar refractivity (Wildman–Crippen MR) is 93.9 cm³/mol. The Bertz CT molecular complexity index is 862. The molecule has 6 heteroatoms. The maximum absolute atomic E-state index is 12.9. The van der Waals surface area contributed by atoms with E-state index in [0.717, 1.165) is 5.56 Å². The summed E-state index contributed by atoms with van der Waals surface area (Å²) in [5.74, 6) is -0.164. The van der Waals surface area contributed by atoms with Gasteiger partial charge in [0, 0.05) is 12.1 Å². The van der Waals surface area contributed by atoms with Gasteiger partial charge in [0.25, 0.3) is 0 Å². The number of sulfonamides is 1. The highest BCUT2D eigenvalue weighted by Crippen LogP contribution is 2.31. The first-order valence-corrected chi connectivity index (χ1v) is 9.60. The molecule has 2 aromatic rings. The smallest absolute Gasteiger partial charge is 0.245 e. The van der Waals surface area contributed by atoms with Crippen molar-refractivity contribution in [3.05, 3.63) is 64.7 Å². The van der Waals surface area contributed by atoms with Crippen molar-refractivity contribution in [1.29, 1.82) is 0 Å². The van der Waals surface area contributed by atoms with Gasteiger partial charge in [-0.1, -0.05) is 53.6 Å². The monoisotopic (exact) mass is 363 g/mol. The summed E-state index contributed by atoms with van der Waals surface area (Å²) in [6.07, 6.45) is 1.18. The van der Waals surface area contributed by atoms with E-state index in [1.54, 1.807) is 30.3 Å². The van der Waals surface area contributed by atoms with E-state index in [-0.39, 0.29) is 15.7 Å². The Labute approximate surface area is 147 Å². The molecule has 0 aromatic heterocycles. The first-order chi connectivity index (χ1) is 11.4. The van der Waals surface area contributed by atoms with Gasteiger partial charge in [0.1, 0.15) is 4.90 Å². The van der Waals surface area contributed by atoms with Gasteiger partial charge in [-0.05, 0) is 31.9 Å². The molecule has 24 heavy (non-hydrogen) atoms. The second kappa shape index (κ2) is 6.67. The van der Waals surface area contributed by atoms with E-state index in [1.165, 1.54) is 10.4 Å². The standard InChI is InChI=1S/C18H18ClNO3S/c1-13-8-10-14(11-9-13)18(21)16-6-4-12-20(16)24(22,23)17-7-3-2-5-15(17)19/h2-3,5,7-11,16H,4,6,12H2,1H3/t16-/m1/s1. The highest BCUT2D eigenvalue weighted by atomic mass is 35.5. The number of Topliss-reactive ketones (excluding diaryl/α,β-unsaturated/α-hetero) is 1. The van der Waals surface area contributed by atoms with E-state index in [0.29, 0.717) is 24.9 Å². The molecule has 2 aromatic carbocycles. The lowest BCUT2D eigenvalue weighted by atomic mass is 10.0. The summed E-state index contributed by atoms with van der Waals surface area (Å²) in [7, 11) is -3.80. The maximum Gasteiger partial charge on any atom is 0.245 e.